The standard InChI is InChI=1S/C30H32F2N2O3/c1-19(2)14-28(35)34-13-12-22-10-11-26(17-27(22)29(34)23-7-5-9-25(32)16-23)37-20(3)30(36)33-18-21-6-4-8-24(31)15-21/h4-11,15-17,19-20,29H,12-14,18H2,1-3H3,(H,33,36). The van der Waals surface area contributed by atoms with Gasteiger partial charge in [0.1, 0.15) is 17.4 Å². The van der Waals surface area contributed by atoms with Crippen LogP contribution in [0.1, 0.15) is 55.5 Å². The Hall–Kier alpha value is -3.74. The molecule has 5 nitrogen and oxygen atoms in total. The zero-order valence-corrected chi connectivity index (χ0v) is 21.3. The second kappa shape index (κ2) is 11.5. The third-order valence-corrected chi connectivity index (χ3v) is 6.45. The smallest absolute Gasteiger partial charge is 0.261 e. The minimum Gasteiger partial charge on any atom is -0.481 e. The summed E-state index contributed by atoms with van der Waals surface area (Å²) in [5, 5.41) is 2.76. The molecule has 4 rings (SSSR count). The fourth-order valence-electron chi connectivity index (χ4n) is 4.68. The summed E-state index contributed by atoms with van der Waals surface area (Å²) >= 11 is 0. The lowest BCUT2D eigenvalue weighted by molar-refractivity contribution is -0.134. The van der Waals surface area contributed by atoms with E-state index in [1.807, 2.05) is 43.0 Å². The topological polar surface area (TPSA) is 58.6 Å². The van der Waals surface area contributed by atoms with Crippen molar-refractivity contribution in [2.75, 3.05) is 6.54 Å². The minimum absolute atomic E-state index is 0.0197. The van der Waals surface area contributed by atoms with Crippen LogP contribution in [-0.2, 0) is 22.6 Å². The summed E-state index contributed by atoms with van der Waals surface area (Å²) in [7, 11) is 0. The molecule has 194 valence electrons. The highest BCUT2D eigenvalue weighted by atomic mass is 19.1. The van der Waals surface area contributed by atoms with Crippen molar-refractivity contribution in [3.05, 3.63) is 101 Å². The summed E-state index contributed by atoms with van der Waals surface area (Å²) in [6.45, 7) is 6.37. The Kier molecular flexibility index (Phi) is 8.21. The number of halogens is 2. The molecular formula is C30H32F2N2O3. The maximum absolute atomic E-state index is 14.2. The second-order valence-electron chi connectivity index (χ2n) is 9.86. The summed E-state index contributed by atoms with van der Waals surface area (Å²) in [5.41, 5.74) is 3.26. The normalized spacial score (nSPS) is 15.7. The minimum atomic E-state index is -0.804. The lowest BCUT2D eigenvalue weighted by atomic mass is 9.87. The van der Waals surface area contributed by atoms with Crippen molar-refractivity contribution < 1.29 is 23.1 Å². The molecule has 1 aliphatic heterocycles. The Labute approximate surface area is 216 Å². The van der Waals surface area contributed by atoms with Gasteiger partial charge in [-0.25, -0.2) is 8.78 Å². The highest BCUT2D eigenvalue weighted by Crippen LogP contribution is 2.38. The molecule has 0 saturated heterocycles. The van der Waals surface area contributed by atoms with Gasteiger partial charge in [-0.05, 0) is 77.9 Å². The van der Waals surface area contributed by atoms with E-state index in [0.717, 1.165) is 11.1 Å². The van der Waals surface area contributed by atoms with Gasteiger partial charge in [-0.1, -0.05) is 44.2 Å². The number of benzene rings is 3. The molecule has 2 amide bonds. The molecule has 0 aliphatic carbocycles. The summed E-state index contributed by atoms with van der Waals surface area (Å²) < 4.78 is 33.6. The fourth-order valence-corrected chi connectivity index (χ4v) is 4.68. The molecule has 0 fully saturated rings. The molecule has 7 heteroatoms. The van der Waals surface area contributed by atoms with E-state index in [4.69, 9.17) is 4.74 Å². The Morgan fingerprint density at radius 1 is 1.00 bits per heavy atom. The highest BCUT2D eigenvalue weighted by molar-refractivity contribution is 5.80. The monoisotopic (exact) mass is 506 g/mol. The van der Waals surface area contributed by atoms with Crippen molar-refractivity contribution >= 4 is 11.8 Å². The molecule has 1 aliphatic rings. The van der Waals surface area contributed by atoms with Gasteiger partial charge in [0.25, 0.3) is 5.91 Å². The first-order valence-corrected chi connectivity index (χ1v) is 12.6. The molecule has 1 N–H and O–H groups in total. The number of hydrogen-bond acceptors (Lipinski definition) is 3. The van der Waals surface area contributed by atoms with Gasteiger partial charge in [-0.2, -0.15) is 0 Å². The molecular weight excluding hydrogens is 474 g/mol. The Morgan fingerprint density at radius 3 is 2.43 bits per heavy atom. The summed E-state index contributed by atoms with van der Waals surface area (Å²) in [6, 6.07) is 17.5. The number of amides is 2. The SMILES string of the molecule is CC(C)CC(=O)N1CCc2ccc(OC(C)C(=O)NCc3cccc(F)c3)cc2C1c1cccc(F)c1. The van der Waals surface area contributed by atoms with Crippen molar-refractivity contribution in [2.45, 2.75) is 52.3 Å². The van der Waals surface area contributed by atoms with E-state index in [1.165, 1.54) is 24.3 Å². The van der Waals surface area contributed by atoms with Gasteiger partial charge in [0.05, 0.1) is 6.04 Å². The van der Waals surface area contributed by atoms with E-state index >= 15 is 0 Å². The first-order chi connectivity index (χ1) is 17.7. The third-order valence-electron chi connectivity index (χ3n) is 6.45. The Morgan fingerprint density at radius 2 is 1.73 bits per heavy atom. The predicted molar refractivity (Wildman–Crippen MR) is 138 cm³/mol. The molecule has 3 aromatic carbocycles. The van der Waals surface area contributed by atoms with Crippen molar-refractivity contribution in [3.63, 3.8) is 0 Å². The van der Waals surface area contributed by atoms with Crippen LogP contribution in [0.5, 0.6) is 5.75 Å². The predicted octanol–water partition coefficient (Wildman–Crippen LogP) is 5.57. The van der Waals surface area contributed by atoms with Crippen molar-refractivity contribution in [3.8, 4) is 5.75 Å². The van der Waals surface area contributed by atoms with Crippen LogP contribution in [0, 0.1) is 17.6 Å². The number of carbonyl (C=O) groups excluding carboxylic acids is 2. The van der Waals surface area contributed by atoms with E-state index in [0.29, 0.717) is 36.3 Å². The van der Waals surface area contributed by atoms with E-state index < -0.39 is 12.1 Å². The number of fused-ring (bicyclic) bond motifs is 1. The van der Waals surface area contributed by atoms with Crippen molar-refractivity contribution in [2.24, 2.45) is 5.92 Å². The second-order valence-corrected chi connectivity index (χ2v) is 9.86. The van der Waals surface area contributed by atoms with Gasteiger partial charge >= 0.3 is 0 Å². The van der Waals surface area contributed by atoms with Gasteiger partial charge in [0, 0.05) is 19.5 Å². The van der Waals surface area contributed by atoms with E-state index in [9.17, 15) is 18.4 Å². The number of ether oxygens (including phenoxy) is 1. The molecule has 0 saturated carbocycles. The van der Waals surface area contributed by atoms with Gasteiger partial charge < -0.3 is 15.0 Å². The van der Waals surface area contributed by atoms with Gasteiger partial charge in [0.15, 0.2) is 6.10 Å². The van der Waals surface area contributed by atoms with E-state index in [2.05, 4.69) is 5.32 Å². The van der Waals surface area contributed by atoms with Crippen LogP contribution in [0.15, 0.2) is 66.7 Å². The Bertz CT molecular complexity index is 1280. The van der Waals surface area contributed by atoms with Gasteiger partial charge in [-0.15, -0.1) is 0 Å². The summed E-state index contributed by atoms with van der Waals surface area (Å²) in [6.07, 6.45) is 0.274. The van der Waals surface area contributed by atoms with Crippen LogP contribution >= 0.6 is 0 Å². The number of nitrogens with one attached hydrogen (secondary N) is 1. The van der Waals surface area contributed by atoms with Crippen LogP contribution in [-0.4, -0.2) is 29.4 Å². The maximum Gasteiger partial charge on any atom is 0.261 e. The average molecular weight is 507 g/mol. The molecule has 0 spiro atoms. The van der Waals surface area contributed by atoms with E-state index in [-0.39, 0.29) is 35.9 Å². The molecule has 2 atom stereocenters. The Balaban J connectivity index is 1.56. The van der Waals surface area contributed by atoms with Gasteiger partial charge in [-0.3, -0.25) is 9.59 Å². The fraction of sp³-hybridized carbons (Fsp3) is 0.333. The van der Waals surface area contributed by atoms with Crippen molar-refractivity contribution in [1.29, 1.82) is 0 Å². The average Bonchev–Trinajstić information content (AvgIpc) is 2.86. The number of nitrogens with zero attached hydrogens (tertiary/aromatic N) is 1. The summed E-state index contributed by atoms with van der Waals surface area (Å²) in [5.74, 6) is -0.366. The highest BCUT2D eigenvalue weighted by Gasteiger charge is 2.33. The molecule has 37 heavy (non-hydrogen) atoms. The lowest BCUT2D eigenvalue weighted by Gasteiger charge is -2.38. The zero-order chi connectivity index (χ0) is 26.5. The summed E-state index contributed by atoms with van der Waals surface area (Å²) in [4.78, 5) is 27.6. The van der Waals surface area contributed by atoms with Crippen LogP contribution < -0.4 is 10.1 Å². The van der Waals surface area contributed by atoms with Crippen LogP contribution in [0.3, 0.4) is 0 Å². The van der Waals surface area contributed by atoms with Gasteiger partial charge in [0.2, 0.25) is 5.91 Å². The number of rotatable bonds is 8. The van der Waals surface area contributed by atoms with Crippen LogP contribution in [0.4, 0.5) is 8.78 Å². The zero-order valence-electron chi connectivity index (χ0n) is 21.3. The van der Waals surface area contributed by atoms with E-state index in [1.54, 1.807) is 25.1 Å². The first kappa shape index (κ1) is 26.3. The number of carbonyl (C=O) groups is 2. The molecule has 2 unspecified atom stereocenters. The molecule has 1 heterocycles. The van der Waals surface area contributed by atoms with Crippen LogP contribution in [0.2, 0.25) is 0 Å². The quantitative estimate of drug-likeness (QED) is 0.435. The maximum atomic E-state index is 14.2. The third kappa shape index (κ3) is 6.53. The molecule has 0 aromatic heterocycles. The molecule has 0 radical (unpaired) electrons. The largest absolute Gasteiger partial charge is 0.481 e. The lowest BCUT2D eigenvalue weighted by Crippen LogP contribution is -2.41. The number of hydrogen-bond donors (Lipinski definition) is 1. The molecule has 3 aromatic rings. The first-order valence-electron chi connectivity index (χ1n) is 12.6. The van der Waals surface area contributed by atoms with Crippen LogP contribution in [0.25, 0.3) is 0 Å². The molecule has 0 bridgehead atoms. The van der Waals surface area contributed by atoms with Crippen molar-refractivity contribution in [1.82, 2.24) is 10.2 Å².